The molecule has 0 radical (unpaired) electrons. The number of carbonyl (C=O) groups is 2. The minimum Gasteiger partial charge on any atom is -0.481 e. The van der Waals surface area contributed by atoms with E-state index in [9.17, 15) is 9.59 Å². The van der Waals surface area contributed by atoms with Crippen LogP contribution in [-0.4, -0.2) is 16.9 Å². The summed E-state index contributed by atoms with van der Waals surface area (Å²) in [6.45, 7) is 0. The maximum Gasteiger partial charge on any atom is 0.303 e. The lowest BCUT2D eigenvalue weighted by atomic mass is 9.73. The molecule has 1 saturated carbocycles. The van der Waals surface area contributed by atoms with Crippen LogP contribution in [0.1, 0.15) is 37.2 Å². The quantitative estimate of drug-likeness (QED) is 0.871. The Balaban J connectivity index is 2.19. The summed E-state index contributed by atoms with van der Waals surface area (Å²) in [7, 11) is 0. The van der Waals surface area contributed by atoms with E-state index in [1.807, 2.05) is 30.3 Å². The highest BCUT2D eigenvalue weighted by atomic mass is 16.4. The van der Waals surface area contributed by atoms with Gasteiger partial charge < -0.3 is 5.11 Å². The maximum atomic E-state index is 11.5. The zero-order valence-electron chi connectivity index (χ0n) is 9.63. The zero-order chi connectivity index (χ0) is 12.3. The number of rotatable bonds is 3. The SMILES string of the molecule is O=C(O)CC1CCC(=O)CC1c1ccccc1. The Morgan fingerprint density at radius 3 is 2.65 bits per heavy atom. The topological polar surface area (TPSA) is 54.4 Å². The Morgan fingerprint density at radius 2 is 2.00 bits per heavy atom. The van der Waals surface area contributed by atoms with E-state index in [1.165, 1.54) is 0 Å². The number of carboxylic acids is 1. The molecule has 0 bridgehead atoms. The third-order valence-corrected chi connectivity index (χ3v) is 3.48. The summed E-state index contributed by atoms with van der Waals surface area (Å²) >= 11 is 0. The van der Waals surface area contributed by atoms with Gasteiger partial charge in [-0.1, -0.05) is 30.3 Å². The van der Waals surface area contributed by atoms with E-state index in [1.54, 1.807) is 0 Å². The first kappa shape index (κ1) is 11.8. The second kappa shape index (κ2) is 5.13. The molecule has 3 heteroatoms. The number of carboxylic acid groups (broad SMARTS) is 1. The van der Waals surface area contributed by atoms with Crippen molar-refractivity contribution in [2.45, 2.75) is 31.6 Å². The highest BCUT2D eigenvalue weighted by Crippen LogP contribution is 2.38. The maximum absolute atomic E-state index is 11.5. The molecule has 2 atom stereocenters. The number of aliphatic carboxylic acids is 1. The van der Waals surface area contributed by atoms with Gasteiger partial charge in [0.15, 0.2) is 0 Å². The Hall–Kier alpha value is -1.64. The molecule has 1 aliphatic rings. The summed E-state index contributed by atoms with van der Waals surface area (Å²) in [6.07, 6.45) is 1.88. The molecule has 0 aliphatic heterocycles. The van der Waals surface area contributed by atoms with Crippen molar-refractivity contribution in [3.63, 3.8) is 0 Å². The lowest BCUT2D eigenvalue weighted by molar-refractivity contribution is -0.139. The molecule has 1 aliphatic carbocycles. The van der Waals surface area contributed by atoms with E-state index in [-0.39, 0.29) is 24.0 Å². The Bertz CT molecular complexity index is 411. The highest BCUT2D eigenvalue weighted by Gasteiger charge is 2.31. The summed E-state index contributed by atoms with van der Waals surface area (Å²) < 4.78 is 0. The van der Waals surface area contributed by atoms with Crippen LogP contribution in [0, 0.1) is 5.92 Å². The Labute approximate surface area is 100 Å². The molecule has 1 N–H and O–H groups in total. The van der Waals surface area contributed by atoms with Crippen LogP contribution in [0.25, 0.3) is 0 Å². The lowest BCUT2D eigenvalue weighted by Crippen LogP contribution is -2.25. The minimum absolute atomic E-state index is 0.0774. The average molecular weight is 232 g/mol. The standard InChI is InChI=1S/C14H16O3/c15-12-7-6-11(8-14(16)17)13(9-12)10-4-2-1-3-5-10/h1-5,11,13H,6-9H2,(H,16,17). The van der Waals surface area contributed by atoms with E-state index in [0.717, 1.165) is 5.56 Å². The molecule has 1 aromatic carbocycles. The van der Waals surface area contributed by atoms with Gasteiger partial charge in [-0.3, -0.25) is 9.59 Å². The fourth-order valence-electron chi connectivity index (χ4n) is 2.62. The molecule has 1 fully saturated rings. The van der Waals surface area contributed by atoms with Gasteiger partial charge in [0.05, 0.1) is 0 Å². The van der Waals surface area contributed by atoms with Gasteiger partial charge in [-0.2, -0.15) is 0 Å². The molecule has 0 amide bonds. The number of benzene rings is 1. The second-order valence-corrected chi connectivity index (χ2v) is 4.66. The number of Topliss-reactive ketones (excluding diaryl/α,β-unsaturated/α-hetero) is 1. The van der Waals surface area contributed by atoms with Crippen molar-refractivity contribution in [1.29, 1.82) is 0 Å². The first-order valence-corrected chi connectivity index (χ1v) is 5.95. The van der Waals surface area contributed by atoms with Gasteiger partial charge >= 0.3 is 5.97 Å². The summed E-state index contributed by atoms with van der Waals surface area (Å²) in [6, 6.07) is 9.77. The molecule has 2 unspecified atom stereocenters. The summed E-state index contributed by atoms with van der Waals surface area (Å²) in [5.41, 5.74) is 1.09. The predicted octanol–water partition coefficient (Wildman–Crippen LogP) is 2.61. The van der Waals surface area contributed by atoms with Crippen molar-refractivity contribution in [2.75, 3.05) is 0 Å². The minimum atomic E-state index is -0.773. The van der Waals surface area contributed by atoms with Gasteiger partial charge in [0.2, 0.25) is 0 Å². The zero-order valence-corrected chi connectivity index (χ0v) is 9.63. The Morgan fingerprint density at radius 1 is 1.29 bits per heavy atom. The molecule has 17 heavy (non-hydrogen) atoms. The molecular formula is C14H16O3. The van der Waals surface area contributed by atoms with Gasteiger partial charge in [0, 0.05) is 19.3 Å². The molecule has 0 heterocycles. The predicted molar refractivity (Wildman–Crippen MR) is 63.8 cm³/mol. The van der Waals surface area contributed by atoms with Crippen molar-refractivity contribution in [2.24, 2.45) is 5.92 Å². The largest absolute Gasteiger partial charge is 0.481 e. The molecule has 3 nitrogen and oxygen atoms in total. The molecule has 0 spiro atoms. The molecule has 1 aromatic rings. The second-order valence-electron chi connectivity index (χ2n) is 4.66. The first-order chi connectivity index (χ1) is 8.16. The number of ketones is 1. The summed E-state index contributed by atoms with van der Waals surface area (Å²) in [5.74, 6) is -0.355. The van der Waals surface area contributed by atoms with Crippen LogP contribution in [0.4, 0.5) is 0 Å². The van der Waals surface area contributed by atoms with Crippen LogP contribution >= 0.6 is 0 Å². The van der Waals surface area contributed by atoms with Gasteiger partial charge in [0.25, 0.3) is 0 Å². The van der Waals surface area contributed by atoms with E-state index < -0.39 is 5.97 Å². The fraction of sp³-hybridized carbons (Fsp3) is 0.429. The van der Waals surface area contributed by atoms with Crippen molar-refractivity contribution >= 4 is 11.8 Å². The van der Waals surface area contributed by atoms with E-state index in [2.05, 4.69) is 0 Å². The van der Waals surface area contributed by atoms with Crippen molar-refractivity contribution in [3.8, 4) is 0 Å². The molecule has 0 aromatic heterocycles. The third-order valence-electron chi connectivity index (χ3n) is 3.48. The molecular weight excluding hydrogens is 216 g/mol. The number of hydrogen-bond donors (Lipinski definition) is 1. The van der Waals surface area contributed by atoms with E-state index >= 15 is 0 Å². The first-order valence-electron chi connectivity index (χ1n) is 5.95. The average Bonchev–Trinajstić information content (AvgIpc) is 2.32. The molecule has 2 rings (SSSR count). The van der Waals surface area contributed by atoms with Crippen LogP contribution in [0.2, 0.25) is 0 Å². The van der Waals surface area contributed by atoms with Gasteiger partial charge in [-0.05, 0) is 23.8 Å². The third kappa shape index (κ3) is 2.93. The number of hydrogen-bond acceptors (Lipinski definition) is 2. The van der Waals surface area contributed by atoms with Crippen LogP contribution < -0.4 is 0 Å². The normalized spacial score (nSPS) is 24.6. The van der Waals surface area contributed by atoms with Gasteiger partial charge in [-0.25, -0.2) is 0 Å². The van der Waals surface area contributed by atoms with Crippen LogP contribution in [-0.2, 0) is 9.59 Å². The van der Waals surface area contributed by atoms with Crippen molar-refractivity contribution in [3.05, 3.63) is 35.9 Å². The monoisotopic (exact) mass is 232 g/mol. The smallest absolute Gasteiger partial charge is 0.303 e. The van der Waals surface area contributed by atoms with Crippen LogP contribution in [0.3, 0.4) is 0 Å². The van der Waals surface area contributed by atoms with E-state index in [4.69, 9.17) is 5.11 Å². The van der Waals surface area contributed by atoms with Gasteiger partial charge in [0.1, 0.15) is 5.78 Å². The molecule has 90 valence electrons. The Kier molecular flexibility index (Phi) is 3.57. The summed E-state index contributed by atoms with van der Waals surface area (Å²) in [5, 5.41) is 8.91. The van der Waals surface area contributed by atoms with Crippen molar-refractivity contribution < 1.29 is 14.7 Å². The van der Waals surface area contributed by atoms with Crippen LogP contribution in [0.15, 0.2) is 30.3 Å². The fourth-order valence-corrected chi connectivity index (χ4v) is 2.62. The van der Waals surface area contributed by atoms with Crippen molar-refractivity contribution in [1.82, 2.24) is 0 Å². The summed E-state index contributed by atoms with van der Waals surface area (Å²) in [4.78, 5) is 22.4. The van der Waals surface area contributed by atoms with E-state index in [0.29, 0.717) is 19.3 Å². The van der Waals surface area contributed by atoms with Crippen LogP contribution in [0.5, 0.6) is 0 Å². The van der Waals surface area contributed by atoms with Gasteiger partial charge in [-0.15, -0.1) is 0 Å². The lowest BCUT2D eigenvalue weighted by Gasteiger charge is -2.30. The number of carbonyl (C=O) groups excluding carboxylic acids is 1. The molecule has 0 saturated heterocycles. The highest BCUT2D eigenvalue weighted by molar-refractivity contribution is 5.80.